The lowest BCUT2D eigenvalue weighted by Crippen LogP contribution is -2.42. The number of carbonyl (C=O) groups excluding carboxylic acids is 1. The normalized spacial score (nSPS) is 17.5. The Kier molecular flexibility index (Phi) is 3.95. The molecule has 2 aromatic rings. The summed E-state index contributed by atoms with van der Waals surface area (Å²) in [4.78, 5) is 12.0. The minimum atomic E-state index is -0.241. The molecule has 116 valence electrons. The molecule has 1 aromatic carbocycles. The van der Waals surface area contributed by atoms with Gasteiger partial charge in [0, 0.05) is 13.5 Å². The first kappa shape index (κ1) is 14.4. The fourth-order valence-electron chi connectivity index (χ4n) is 2.57. The highest BCUT2D eigenvalue weighted by molar-refractivity contribution is 5.74. The topological polar surface area (TPSA) is 81.1 Å². The van der Waals surface area contributed by atoms with Crippen molar-refractivity contribution in [2.24, 2.45) is 7.05 Å². The average molecular weight is 301 g/mol. The molecule has 1 aromatic heterocycles. The Morgan fingerprint density at radius 3 is 3.05 bits per heavy atom. The van der Waals surface area contributed by atoms with Gasteiger partial charge in [-0.1, -0.05) is 18.2 Å². The number of urea groups is 1. The SMILES string of the molecule is C[C@@H](NC(=O)NC[C@@H]1Cc2ccccc2O1)c1nncn1C. The van der Waals surface area contributed by atoms with Crippen LogP contribution in [0.1, 0.15) is 24.4 Å². The quantitative estimate of drug-likeness (QED) is 0.888. The van der Waals surface area contributed by atoms with Gasteiger partial charge in [-0.05, 0) is 18.6 Å². The maximum Gasteiger partial charge on any atom is 0.315 e. The Labute approximate surface area is 128 Å². The minimum Gasteiger partial charge on any atom is -0.488 e. The number of para-hydroxylation sites is 1. The first-order valence-electron chi connectivity index (χ1n) is 7.26. The molecule has 0 aliphatic carbocycles. The third-order valence-electron chi connectivity index (χ3n) is 3.69. The smallest absolute Gasteiger partial charge is 0.315 e. The average Bonchev–Trinajstić information content (AvgIpc) is 3.10. The van der Waals surface area contributed by atoms with E-state index < -0.39 is 0 Å². The Balaban J connectivity index is 1.47. The van der Waals surface area contributed by atoms with Gasteiger partial charge in [-0.25, -0.2) is 4.79 Å². The highest BCUT2D eigenvalue weighted by Gasteiger charge is 2.23. The van der Waals surface area contributed by atoms with Gasteiger partial charge in [0.05, 0.1) is 12.6 Å². The Morgan fingerprint density at radius 1 is 1.50 bits per heavy atom. The van der Waals surface area contributed by atoms with Gasteiger partial charge < -0.3 is 19.9 Å². The lowest BCUT2D eigenvalue weighted by molar-refractivity contribution is 0.212. The molecule has 0 unspecified atom stereocenters. The molecule has 0 spiro atoms. The second kappa shape index (κ2) is 6.05. The van der Waals surface area contributed by atoms with Crippen LogP contribution in [0.5, 0.6) is 5.75 Å². The molecule has 2 atom stereocenters. The van der Waals surface area contributed by atoms with Crippen molar-refractivity contribution in [3.8, 4) is 5.75 Å². The van der Waals surface area contributed by atoms with E-state index in [4.69, 9.17) is 4.74 Å². The third kappa shape index (κ3) is 3.03. The maximum absolute atomic E-state index is 12.0. The van der Waals surface area contributed by atoms with E-state index in [0.717, 1.165) is 12.2 Å². The summed E-state index contributed by atoms with van der Waals surface area (Å²) in [5.41, 5.74) is 1.18. The summed E-state index contributed by atoms with van der Waals surface area (Å²) in [5, 5.41) is 13.5. The number of rotatable bonds is 4. The molecule has 0 saturated heterocycles. The molecule has 2 N–H and O–H groups in total. The van der Waals surface area contributed by atoms with Crippen molar-refractivity contribution in [2.75, 3.05) is 6.54 Å². The molecule has 7 heteroatoms. The van der Waals surface area contributed by atoms with Crippen molar-refractivity contribution in [3.63, 3.8) is 0 Å². The fraction of sp³-hybridized carbons (Fsp3) is 0.400. The maximum atomic E-state index is 12.0. The summed E-state index contributed by atoms with van der Waals surface area (Å²) >= 11 is 0. The predicted octanol–water partition coefficient (Wildman–Crippen LogP) is 1.18. The summed E-state index contributed by atoms with van der Waals surface area (Å²) in [7, 11) is 1.84. The summed E-state index contributed by atoms with van der Waals surface area (Å²) < 4.78 is 7.56. The van der Waals surface area contributed by atoms with Gasteiger partial charge in [0.2, 0.25) is 0 Å². The minimum absolute atomic E-state index is 0.0201. The van der Waals surface area contributed by atoms with E-state index in [2.05, 4.69) is 20.8 Å². The van der Waals surface area contributed by atoms with Crippen LogP contribution in [0.2, 0.25) is 0 Å². The highest BCUT2D eigenvalue weighted by Crippen LogP contribution is 2.27. The molecule has 1 aliphatic heterocycles. The van der Waals surface area contributed by atoms with E-state index in [0.29, 0.717) is 12.4 Å². The molecule has 7 nitrogen and oxygen atoms in total. The zero-order valence-electron chi connectivity index (χ0n) is 12.6. The molecule has 3 rings (SSSR count). The van der Waals surface area contributed by atoms with Gasteiger partial charge in [-0.15, -0.1) is 10.2 Å². The molecule has 0 radical (unpaired) electrons. The number of nitrogens with zero attached hydrogens (tertiary/aromatic N) is 3. The summed E-state index contributed by atoms with van der Waals surface area (Å²) in [6.45, 7) is 2.33. The third-order valence-corrected chi connectivity index (χ3v) is 3.69. The Hall–Kier alpha value is -2.57. The Morgan fingerprint density at radius 2 is 2.32 bits per heavy atom. The molecule has 0 bridgehead atoms. The molecular formula is C15H19N5O2. The van der Waals surface area contributed by atoms with Crippen LogP contribution in [0.25, 0.3) is 0 Å². The number of benzene rings is 1. The van der Waals surface area contributed by atoms with Crippen LogP contribution in [-0.2, 0) is 13.5 Å². The van der Waals surface area contributed by atoms with Crippen LogP contribution in [0, 0.1) is 0 Å². The predicted molar refractivity (Wildman–Crippen MR) is 80.5 cm³/mol. The number of hydrogen-bond acceptors (Lipinski definition) is 4. The number of aryl methyl sites for hydroxylation is 1. The number of fused-ring (bicyclic) bond motifs is 1. The monoisotopic (exact) mass is 301 g/mol. The van der Waals surface area contributed by atoms with Crippen LogP contribution in [0.15, 0.2) is 30.6 Å². The van der Waals surface area contributed by atoms with Gasteiger partial charge >= 0.3 is 6.03 Å². The summed E-state index contributed by atoms with van der Waals surface area (Å²) in [6, 6.07) is 7.48. The lowest BCUT2D eigenvalue weighted by atomic mass is 10.1. The standard InChI is InChI=1S/C15H19N5O2/c1-10(14-19-17-9-20(14)2)18-15(21)16-8-12-7-11-5-3-4-6-13(11)22-12/h3-6,9-10,12H,7-8H2,1-2H3,(H2,16,18,21)/t10-,12+/m1/s1. The molecular weight excluding hydrogens is 282 g/mol. The number of ether oxygens (including phenoxy) is 1. The highest BCUT2D eigenvalue weighted by atomic mass is 16.5. The van der Waals surface area contributed by atoms with E-state index in [9.17, 15) is 4.79 Å². The first-order valence-corrected chi connectivity index (χ1v) is 7.26. The van der Waals surface area contributed by atoms with Crippen LogP contribution >= 0.6 is 0 Å². The second-order valence-electron chi connectivity index (χ2n) is 5.43. The van der Waals surface area contributed by atoms with E-state index >= 15 is 0 Å². The van der Waals surface area contributed by atoms with Gasteiger partial charge in [0.15, 0.2) is 5.82 Å². The van der Waals surface area contributed by atoms with E-state index in [1.54, 1.807) is 10.9 Å². The van der Waals surface area contributed by atoms with Crippen molar-refractivity contribution in [1.29, 1.82) is 0 Å². The van der Waals surface area contributed by atoms with Gasteiger partial charge in [0.25, 0.3) is 0 Å². The zero-order chi connectivity index (χ0) is 15.5. The molecule has 0 fully saturated rings. The number of hydrogen-bond donors (Lipinski definition) is 2. The van der Waals surface area contributed by atoms with Gasteiger partial charge in [-0.2, -0.15) is 0 Å². The van der Waals surface area contributed by atoms with Crippen molar-refractivity contribution < 1.29 is 9.53 Å². The fourth-order valence-corrected chi connectivity index (χ4v) is 2.57. The molecule has 2 heterocycles. The van der Waals surface area contributed by atoms with Crippen molar-refractivity contribution in [2.45, 2.75) is 25.5 Å². The largest absolute Gasteiger partial charge is 0.488 e. The number of carbonyl (C=O) groups is 1. The van der Waals surface area contributed by atoms with E-state index in [1.807, 2.05) is 38.2 Å². The van der Waals surface area contributed by atoms with Gasteiger partial charge in [-0.3, -0.25) is 0 Å². The number of nitrogens with one attached hydrogen (secondary N) is 2. The van der Waals surface area contributed by atoms with Crippen LogP contribution in [0.3, 0.4) is 0 Å². The Bertz CT molecular complexity index is 644. The first-order chi connectivity index (χ1) is 10.6. The number of aromatic nitrogens is 3. The summed E-state index contributed by atoms with van der Waals surface area (Å²) in [5.74, 6) is 1.61. The lowest BCUT2D eigenvalue weighted by Gasteiger charge is -2.16. The van der Waals surface area contributed by atoms with Gasteiger partial charge in [0.1, 0.15) is 18.2 Å². The van der Waals surface area contributed by atoms with Crippen molar-refractivity contribution >= 4 is 6.03 Å². The van der Waals surface area contributed by atoms with E-state index in [-0.39, 0.29) is 18.2 Å². The second-order valence-corrected chi connectivity index (χ2v) is 5.43. The van der Waals surface area contributed by atoms with Crippen LogP contribution in [-0.4, -0.2) is 33.4 Å². The van der Waals surface area contributed by atoms with Crippen LogP contribution in [0.4, 0.5) is 4.79 Å². The molecule has 1 aliphatic rings. The molecule has 22 heavy (non-hydrogen) atoms. The van der Waals surface area contributed by atoms with Crippen LogP contribution < -0.4 is 15.4 Å². The molecule has 0 saturated carbocycles. The van der Waals surface area contributed by atoms with Crippen molar-refractivity contribution in [3.05, 3.63) is 42.0 Å². The molecule has 2 amide bonds. The van der Waals surface area contributed by atoms with E-state index in [1.165, 1.54) is 5.56 Å². The zero-order valence-corrected chi connectivity index (χ0v) is 12.6. The number of amides is 2. The summed E-state index contributed by atoms with van der Waals surface area (Å²) in [6.07, 6.45) is 2.40. The van der Waals surface area contributed by atoms with Crippen molar-refractivity contribution in [1.82, 2.24) is 25.4 Å².